The number of pyridine rings is 2. The molecule has 0 spiro atoms. The van der Waals surface area contributed by atoms with E-state index >= 15 is 0 Å². The zero-order chi connectivity index (χ0) is 45.5. The molecule has 328 valence electrons. The maximum atomic E-state index is 6.68. The van der Waals surface area contributed by atoms with Gasteiger partial charge in [0.25, 0.3) is 0 Å². The van der Waals surface area contributed by atoms with E-state index in [4.69, 9.17) is 35.3 Å². The van der Waals surface area contributed by atoms with Gasteiger partial charge >= 0.3 is 21.4 Å². The lowest BCUT2D eigenvalue weighted by atomic mass is 9.74. The third kappa shape index (κ3) is 10.8. The Morgan fingerprint density at radius 2 is 0.844 bits per heavy atom. The number of nitrogens with zero attached hydrogens (tertiary/aromatic N) is 2. The number of benzene rings is 6. The van der Waals surface area contributed by atoms with Crippen LogP contribution in [0.15, 0.2) is 109 Å². The zero-order valence-electron chi connectivity index (χ0n) is 39.6. The minimum atomic E-state index is -0.135. The van der Waals surface area contributed by atoms with E-state index in [2.05, 4.69) is 179 Å². The third-order valence-corrected chi connectivity index (χ3v) is 12.0. The fourth-order valence-electron chi connectivity index (χ4n) is 9.04. The lowest BCUT2D eigenvalue weighted by Crippen LogP contribution is -2.44. The van der Waals surface area contributed by atoms with Crippen LogP contribution < -0.4 is 0 Å². The van der Waals surface area contributed by atoms with Crippen LogP contribution in [0.2, 0.25) is 25.5 Å². The first kappa shape index (κ1) is 48.5. The third-order valence-electron chi connectivity index (χ3n) is 11.7. The molecule has 3 heterocycles. The zero-order valence-corrected chi connectivity index (χ0v) is 40.4. The molecule has 0 radical (unpaired) electrons. The molecular weight excluding hydrogens is 805 g/mol. The second-order valence-electron chi connectivity index (χ2n) is 19.4. The van der Waals surface area contributed by atoms with E-state index in [0.29, 0.717) is 0 Å². The van der Waals surface area contributed by atoms with Gasteiger partial charge in [0.15, 0.2) is 0 Å². The Labute approximate surface area is 388 Å². The highest BCUT2D eigenvalue weighted by molar-refractivity contribution is 6.72. The Kier molecular flexibility index (Phi) is 14.6. The van der Waals surface area contributed by atoms with E-state index in [0.717, 1.165) is 38.4 Å². The van der Waals surface area contributed by atoms with Crippen molar-refractivity contribution in [2.24, 2.45) is 0 Å². The van der Waals surface area contributed by atoms with Gasteiger partial charge in [0, 0.05) is 21.9 Å². The van der Waals surface area contributed by atoms with Crippen molar-refractivity contribution >= 4 is 76.3 Å². The fourth-order valence-corrected chi connectivity index (χ4v) is 9.39. The van der Waals surface area contributed by atoms with Crippen LogP contribution in [0.4, 0.5) is 0 Å². The predicted molar refractivity (Wildman–Crippen MR) is 280 cm³/mol. The summed E-state index contributed by atoms with van der Waals surface area (Å²) in [5, 5.41) is 8.23. The van der Waals surface area contributed by atoms with E-state index < -0.39 is 0 Å². The molecule has 8 aromatic rings. The minimum absolute atomic E-state index is 0. The maximum absolute atomic E-state index is 6.68. The molecule has 2 aromatic heterocycles. The van der Waals surface area contributed by atoms with Crippen molar-refractivity contribution in [1.29, 1.82) is 0 Å². The Hall–Kier alpha value is -4.98. The van der Waals surface area contributed by atoms with Crippen LogP contribution in [0.1, 0.15) is 87.9 Å². The first-order valence-corrected chi connectivity index (χ1v) is 22.5. The lowest BCUT2D eigenvalue weighted by molar-refractivity contribution is 0.294. The van der Waals surface area contributed by atoms with E-state index in [9.17, 15) is 0 Å². The second-order valence-corrected chi connectivity index (χ2v) is 19.8. The Bertz CT molecular complexity index is 2780. The van der Waals surface area contributed by atoms with Gasteiger partial charge in [0.1, 0.15) is 0 Å². The van der Waals surface area contributed by atoms with Crippen molar-refractivity contribution in [3.8, 4) is 22.5 Å². The summed E-state index contributed by atoms with van der Waals surface area (Å²) in [6.07, 6.45) is 0. The first-order valence-electron chi connectivity index (χ1n) is 22.2. The van der Waals surface area contributed by atoms with Crippen molar-refractivity contribution in [2.45, 2.75) is 115 Å². The van der Waals surface area contributed by atoms with Crippen molar-refractivity contribution in [3.63, 3.8) is 0 Å². The van der Waals surface area contributed by atoms with Gasteiger partial charge in [-0.1, -0.05) is 121 Å². The molecule has 1 aliphatic heterocycles. The molecule has 0 aliphatic carbocycles. The SMILES string of the molecule is C.CB1OB(C)OB(C)O1.Cc1cc(C)c2c(C)cc(-c3cc(C(C)(C)C)c4ccccc4c3)nc2c1.Cc1cc(C)c2c(Cl)cc(-c3cc(C(C)(C)C)c4ccccc4c3)nc2c1. The summed E-state index contributed by atoms with van der Waals surface area (Å²) in [4.78, 5) is 10.0. The van der Waals surface area contributed by atoms with Gasteiger partial charge in [-0.05, 0) is 175 Å². The van der Waals surface area contributed by atoms with E-state index in [1.165, 1.54) is 71.4 Å². The quantitative estimate of drug-likeness (QED) is 0.162. The van der Waals surface area contributed by atoms with E-state index in [1.807, 2.05) is 26.5 Å². The summed E-state index contributed by atoms with van der Waals surface area (Å²) < 4.78 is 15.3. The minimum Gasteiger partial charge on any atom is -0.453 e. The Balaban J connectivity index is 0.000000176. The topological polar surface area (TPSA) is 53.5 Å². The van der Waals surface area contributed by atoms with Crippen molar-refractivity contribution in [1.82, 2.24) is 9.97 Å². The number of aryl methyl sites for hydroxylation is 5. The highest BCUT2D eigenvalue weighted by Crippen LogP contribution is 2.38. The van der Waals surface area contributed by atoms with Gasteiger partial charge in [-0.25, -0.2) is 9.97 Å². The molecule has 0 amide bonds. The Morgan fingerprint density at radius 1 is 0.469 bits per heavy atom. The molecule has 0 bridgehead atoms. The summed E-state index contributed by atoms with van der Waals surface area (Å²) in [6.45, 7) is 29.9. The van der Waals surface area contributed by atoms with Crippen LogP contribution in [0, 0.1) is 34.6 Å². The van der Waals surface area contributed by atoms with Crippen LogP contribution in [0.3, 0.4) is 0 Å². The van der Waals surface area contributed by atoms with Crippen molar-refractivity contribution in [2.75, 3.05) is 0 Å². The normalized spacial score (nSPS) is 13.1. The smallest absolute Gasteiger partial charge is 0.426 e. The maximum Gasteiger partial charge on any atom is 0.426 e. The van der Waals surface area contributed by atoms with Crippen LogP contribution in [0.25, 0.3) is 65.9 Å². The van der Waals surface area contributed by atoms with Crippen LogP contribution in [-0.4, -0.2) is 31.3 Å². The summed E-state index contributed by atoms with van der Waals surface area (Å²) in [7, 11) is -0.406. The monoisotopic (exact) mass is 868 g/mol. The molecule has 0 N–H and O–H groups in total. The molecule has 0 saturated carbocycles. The number of halogens is 1. The molecule has 9 rings (SSSR count). The molecule has 1 aliphatic rings. The molecule has 0 atom stereocenters. The highest BCUT2D eigenvalue weighted by Gasteiger charge is 2.31. The van der Waals surface area contributed by atoms with Gasteiger partial charge in [0.05, 0.1) is 27.4 Å². The predicted octanol–water partition coefficient (Wildman–Crippen LogP) is 15.9. The standard InChI is InChI=1S/C26H27N.C25H24ClN.C3H9B3O3.CH4/c1-16-11-17(2)25-18(3)13-23(27-24(25)12-16)20-14-19-9-7-8-10-21(19)22(15-20)26(4,5)6;1-15-10-16(2)24-21(26)14-22(27-23(24)11-15)18-12-17-8-6-7-9-19(17)20(13-18)25(3,4)5;1-4-7-5(2)9-6(3)8-4;/h7-15H,1-6H3;6-14H,1-5H3;1-3H3;1H4. The summed E-state index contributed by atoms with van der Waals surface area (Å²) >= 11 is 6.68. The molecule has 5 nitrogen and oxygen atoms in total. The van der Waals surface area contributed by atoms with E-state index in [1.54, 1.807) is 0 Å². The number of hydrogen-bond donors (Lipinski definition) is 0. The summed E-state index contributed by atoms with van der Waals surface area (Å²) in [5.41, 5.74) is 15.4. The number of aromatic nitrogens is 2. The fraction of sp³-hybridized carbons (Fsp3) is 0.309. The average Bonchev–Trinajstić information content (AvgIpc) is 3.18. The van der Waals surface area contributed by atoms with Gasteiger partial charge in [0.2, 0.25) is 0 Å². The van der Waals surface area contributed by atoms with Crippen LogP contribution in [0.5, 0.6) is 0 Å². The van der Waals surface area contributed by atoms with Gasteiger partial charge < -0.3 is 13.7 Å². The molecule has 1 fully saturated rings. The van der Waals surface area contributed by atoms with Crippen molar-refractivity contribution < 1.29 is 13.7 Å². The van der Waals surface area contributed by atoms with Gasteiger partial charge in [-0.2, -0.15) is 0 Å². The largest absolute Gasteiger partial charge is 0.453 e. The van der Waals surface area contributed by atoms with Gasteiger partial charge in [-0.3, -0.25) is 0 Å². The molecule has 6 aromatic carbocycles. The molecular formula is C55H64B3ClN2O3. The van der Waals surface area contributed by atoms with E-state index in [-0.39, 0.29) is 39.6 Å². The summed E-state index contributed by atoms with van der Waals surface area (Å²) in [6, 6.07) is 39.3. The molecule has 9 heteroatoms. The number of fused-ring (bicyclic) bond motifs is 4. The van der Waals surface area contributed by atoms with Crippen LogP contribution >= 0.6 is 11.6 Å². The first-order chi connectivity index (χ1) is 29.7. The Morgan fingerprint density at radius 3 is 1.28 bits per heavy atom. The average molecular weight is 869 g/mol. The highest BCUT2D eigenvalue weighted by atomic mass is 35.5. The van der Waals surface area contributed by atoms with Crippen molar-refractivity contribution in [3.05, 3.63) is 153 Å². The molecule has 0 unspecified atom stereocenters. The van der Waals surface area contributed by atoms with Gasteiger partial charge in [-0.15, -0.1) is 0 Å². The molecule has 64 heavy (non-hydrogen) atoms. The summed E-state index contributed by atoms with van der Waals surface area (Å²) in [5.74, 6) is 0. The number of rotatable bonds is 2. The van der Waals surface area contributed by atoms with Crippen LogP contribution in [-0.2, 0) is 24.5 Å². The lowest BCUT2D eigenvalue weighted by Gasteiger charge is -2.25. The molecule has 1 saturated heterocycles. The second kappa shape index (κ2) is 19.2. The number of hydrogen-bond acceptors (Lipinski definition) is 5.